The highest BCUT2D eigenvalue weighted by Gasteiger charge is 2.31. The molecule has 1 N–H and O–H groups in total. The van der Waals surface area contributed by atoms with Crippen molar-refractivity contribution in [2.24, 2.45) is 0 Å². The molecule has 0 fully saturated rings. The number of sulfonamides is 1. The van der Waals surface area contributed by atoms with Gasteiger partial charge in [-0.05, 0) is 68.7 Å². The van der Waals surface area contributed by atoms with E-state index < -0.39 is 28.5 Å². The number of amides is 2. The summed E-state index contributed by atoms with van der Waals surface area (Å²) in [6.07, 6.45) is 1.79. The lowest BCUT2D eigenvalue weighted by molar-refractivity contribution is -0.139. The minimum atomic E-state index is -3.80. The first-order chi connectivity index (χ1) is 15.8. The van der Waals surface area contributed by atoms with Gasteiger partial charge < -0.3 is 10.2 Å². The van der Waals surface area contributed by atoms with Crippen LogP contribution in [0.5, 0.6) is 0 Å². The fourth-order valence-corrected chi connectivity index (χ4v) is 4.95. The predicted molar refractivity (Wildman–Crippen MR) is 140 cm³/mol. The Balaban J connectivity index is 2.42. The zero-order valence-electron chi connectivity index (χ0n) is 20.0. The first-order valence-electron chi connectivity index (χ1n) is 10.9. The maximum Gasteiger partial charge on any atom is 0.244 e. The van der Waals surface area contributed by atoms with E-state index in [0.717, 1.165) is 27.0 Å². The number of anilines is 1. The normalized spacial score (nSPS) is 13.1. The Hall–Kier alpha value is -2.10. The number of benzene rings is 2. The average Bonchev–Trinajstić information content (AvgIpc) is 2.74. The molecule has 0 radical (unpaired) electrons. The molecule has 2 rings (SSSR count). The molecule has 34 heavy (non-hydrogen) atoms. The Bertz CT molecular complexity index is 1140. The Morgan fingerprint density at radius 1 is 1.15 bits per heavy atom. The van der Waals surface area contributed by atoms with Gasteiger partial charge in [0.1, 0.15) is 12.6 Å². The molecule has 2 aromatic rings. The lowest BCUT2D eigenvalue weighted by atomic mass is 10.1. The summed E-state index contributed by atoms with van der Waals surface area (Å²) in [7, 11) is -3.80. The zero-order valence-corrected chi connectivity index (χ0v) is 23.2. The van der Waals surface area contributed by atoms with Crippen LogP contribution in [0, 0.1) is 6.92 Å². The number of carbonyl (C=O) groups is 2. The molecule has 2 aromatic carbocycles. The molecular weight excluding hydrogens is 542 g/mol. The van der Waals surface area contributed by atoms with Gasteiger partial charge in [-0.3, -0.25) is 13.9 Å². The van der Waals surface area contributed by atoms with Gasteiger partial charge in [0.2, 0.25) is 21.8 Å². The number of halogens is 2. The molecule has 186 valence electrons. The van der Waals surface area contributed by atoms with Gasteiger partial charge in [-0.1, -0.05) is 46.6 Å². The van der Waals surface area contributed by atoms with E-state index in [4.69, 9.17) is 11.6 Å². The molecule has 0 saturated heterocycles. The van der Waals surface area contributed by atoms with Crippen molar-refractivity contribution in [2.45, 2.75) is 52.7 Å². The summed E-state index contributed by atoms with van der Waals surface area (Å²) in [5.41, 5.74) is 1.78. The SMILES string of the molecule is CCC(C)NC(=O)C(C)N(Cc1cccc(Br)c1)C(=O)CN(c1ccc(Cl)cc1C)S(C)(=O)=O. The van der Waals surface area contributed by atoms with Gasteiger partial charge in [0.15, 0.2) is 0 Å². The second-order valence-electron chi connectivity index (χ2n) is 8.35. The van der Waals surface area contributed by atoms with Crippen LogP contribution in [0.15, 0.2) is 46.9 Å². The van der Waals surface area contributed by atoms with Crippen LogP contribution in [-0.4, -0.2) is 50.0 Å². The van der Waals surface area contributed by atoms with Gasteiger partial charge >= 0.3 is 0 Å². The van der Waals surface area contributed by atoms with Crippen LogP contribution in [0.25, 0.3) is 0 Å². The number of carbonyl (C=O) groups excluding carboxylic acids is 2. The maximum absolute atomic E-state index is 13.5. The van der Waals surface area contributed by atoms with E-state index in [-0.39, 0.29) is 18.5 Å². The molecule has 0 aliphatic carbocycles. The molecule has 10 heteroatoms. The molecule has 0 aromatic heterocycles. The molecule has 0 bridgehead atoms. The molecule has 7 nitrogen and oxygen atoms in total. The first kappa shape index (κ1) is 28.1. The Labute approximate surface area is 215 Å². The number of hydrogen-bond donors (Lipinski definition) is 1. The van der Waals surface area contributed by atoms with E-state index in [0.29, 0.717) is 16.3 Å². The van der Waals surface area contributed by atoms with Crippen molar-refractivity contribution in [3.05, 3.63) is 63.1 Å². The largest absolute Gasteiger partial charge is 0.352 e. The topological polar surface area (TPSA) is 86.8 Å². The van der Waals surface area contributed by atoms with E-state index in [1.807, 2.05) is 38.1 Å². The third-order valence-electron chi connectivity index (χ3n) is 5.52. The fraction of sp³-hybridized carbons (Fsp3) is 0.417. The van der Waals surface area contributed by atoms with E-state index in [9.17, 15) is 18.0 Å². The first-order valence-corrected chi connectivity index (χ1v) is 13.9. The maximum atomic E-state index is 13.5. The van der Waals surface area contributed by atoms with Crippen LogP contribution < -0.4 is 9.62 Å². The quantitative estimate of drug-likeness (QED) is 0.454. The van der Waals surface area contributed by atoms with Gasteiger partial charge in [0.05, 0.1) is 11.9 Å². The lowest BCUT2D eigenvalue weighted by Crippen LogP contribution is -2.52. The standard InChI is InChI=1S/C24H31BrClN3O4S/c1-6-17(3)27-24(31)18(4)28(14-19-8-7-9-20(25)13-19)23(30)15-29(34(5,32)33)22-11-10-21(26)12-16(22)2/h7-13,17-18H,6,14-15H2,1-5H3,(H,27,31). The molecule has 0 saturated carbocycles. The zero-order chi connectivity index (χ0) is 25.6. The molecular formula is C24H31BrClN3O4S. The summed E-state index contributed by atoms with van der Waals surface area (Å²) in [6.45, 7) is 6.91. The smallest absolute Gasteiger partial charge is 0.244 e. The van der Waals surface area contributed by atoms with Crippen LogP contribution in [0.2, 0.25) is 5.02 Å². The third-order valence-corrected chi connectivity index (χ3v) is 7.37. The van der Waals surface area contributed by atoms with Crippen LogP contribution in [0.4, 0.5) is 5.69 Å². The highest BCUT2D eigenvalue weighted by Crippen LogP contribution is 2.26. The van der Waals surface area contributed by atoms with Crippen LogP contribution in [0.1, 0.15) is 38.3 Å². The van der Waals surface area contributed by atoms with E-state index in [1.54, 1.807) is 32.0 Å². The van der Waals surface area contributed by atoms with Crippen molar-refractivity contribution in [3.63, 3.8) is 0 Å². The summed E-state index contributed by atoms with van der Waals surface area (Å²) in [5, 5.41) is 3.37. The molecule has 2 unspecified atom stereocenters. The average molecular weight is 573 g/mol. The number of aryl methyl sites for hydroxylation is 1. The van der Waals surface area contributed by atoms with Crippen molar-refractivity contribution in [2.75, 3.05) is 17.1 Å². The van der Waals surface area contributed by atoms with E-state index >= 15 is 0 Å². The summed E-state index contributed by atoms with van der Waals surface area (Å²) in [4.78, 5) is 27.8. The molecule has 2 amide bonds. The molecule has 2 atom stereocenters. The third kappa shape index (κ3) is 7.71. The van der Waals surface area contributed by atoms with Crippen LogP contribution in [-0.2, 0) is 26.2 Å². The van der Waals surface area contributed by atoms with E-state index in [1.165, 1.54) is 4.90 Å². The van der Waals surface area contributed by atoms with Crippen LogP contribution in [0.3, 0.4) is 0 Å². The summed E-state index contributed by atoms with van der Waals surface area (Å²) >= 11 is 9.46. The number of hydrogen-bond acceptors (Lipinski definition) is 4. The number of nitrogens with one attached hydrogen (secondary N) is 1. The molecule has 0 aliphatic heterocycles. The Morgan fingerprint density at radius 2 is 1.82 bits per heavy atom. The van der Waals surface area contributed by atoms with Crippen LogP contribution >= 0.6 is 27.5 Å². The Morgan fingerprint density at radius 3 is 2.38 bits per heavy atom. The van der Waals surface area contributed by atoms with Crippen molar-refractivity contribution in [1.82, 2.24) is 10.2 Å². The lowest BCUT2D eigenvalue weighted by Gasteiger charge is -2.32. The van der Waals surface area contributed by atoms with E-state index in [2.05, 4.69) is 21.2 Å². The van der Waals surface area contributed by atoms with Crippen molar-refractivity contribution < 1.29 is 18.0 Å². The minimum Gasteiger partial charge on any atom is -0.352 e. The molecule has 0 heterocycles. The number of nitrogens with zero attached hydrogens (tertiary/aromatic N) is 2. The second-order valence-corrected chi connectivity index (χ2v) is 11.6. The summed E-state index contributed by atoms with van der Waals surface area (Å²) < 4.78 is 27.2. The molecule has 0 spiro atoms. The highest BCUT2D eigenvalue weighted by molar-refractivity contribution is 9.10. The monoisotopic (exact) mass is 571 g/mol. The molecule has 0 aliphatic rings. The van der Waals surface area contributed by atoms with Crippen molar-refractivity contribution >= 4 is 55.1 Å². The van der Waals surface area contributed by atoms with Crippen molar-refractivity contribution in [3.8, 4) is 0 Å². The van der Waals surface area contributed by atoms with Crippen molar-refractivity contribution in [1.29, 1.82) is 0 Å². The minimum absolute atomic E-state index is 0.0537. The number of rotatable bonds is 10. The Kier molecular flexibility index (Phi) is 9.96. The highest BCUT2D eigenvalue weighted by atomic mass is 79.9. The van der Waals surface area contributed by atoms with Gasteiger partial charge in [0.25, 0.3) is 0 Å². The predicted octanol–water partition coefficient (Wildman–Crippen LogP) is 4.51. The van der Waals surface area contributed by atoms with Gasteiger partial charge in [-0.15, -0.1) is 0 Å². The second kappa shape index (κ2) is 12.0. The fourth-order valence-electron chi connectivity index (χ4n) is 3.37. The summed E-state index contributed by atoms with van der Waals surface area (Å²) in [6, 6.07) is 11.3. The van der Waals surface area contributed by atoms with Gasteiger partial charge in [-0.25, -0.2) is 8.42 Å². The van der Waals surface area contributed by atoms with Gasteiger partial charge in [0, 0.05) is 22.1 Å². The van der Waals surface area contributed by atoms with Gasteiger partial charge in [-0.2, -0.15) is 0 Å². The summed E-state index contributed by atoms with van der Waals surface area (Å²) in [5.74, 6) is -0.794.